The summed E-state index contributed by atoms with van der Waals surface area (Å²) >= 11 is 0. The predicted molar refractivity (Wildman–Crippen MR) is 117 cm³/mol. The zero-order chi connectivity index (χ0) is 21.1. The maximum absolute atomic E-state index is 13.8. The number of nitrogens with zero attached hydrogens (tertiary/aromatic N) is 1. The summed E-state index contributed by atoms with van der Waals surface area (Å²) in [5.41, 5.74) is 2.31. The number of fused-ring (bicyclic) bond motifs is 1. The van der Waals surface area contributed by atoms with Crippen LogP contribution in [0.15, 0.2) is 47.4 Å². The van der Waals surface area contributed by atoms with Gasteiger partial charge in [0.05, 0.1) is 19.1 Å². The third-order valence-corrected chi connectivity index (χ3v) is 8.53. The lowest BCUT2D eigenvalue weighted by atomic mass is 9.94. The number of sulfone groups is 1. The number of methoxy groups -OCH3 is 2. The van der Waals surface area contributed by atoms with Gasteiger partial charge in [0.1, 0.15) is 5.37 Å². The second-order valence-corrected chi connectivity index (χ2v) is 10.1. The summed E-state index contributed by atoms with van der Waals surface area (Å²) in [6, 6.07) is 12.9. The van der Waals surface area contributed by atoms with Crippen LogP contribution in [-0.2, 0) is 22.8 Å². The largest absolute Gasteiger partial charge is 0.493 e. The number of ether oxygens (including phenoxy) is 2. The summed E-state index contributed by atoms with van der Waals surface area (Å²) in [5, 5.41) is 2.84. The number of rotatable bonds is 6. The van der Waals surface area contributed by atoms with E-state index < -0.39 is 15.2 Å². The summed E-state index contributed by atoms with van der Waals surface area (Å²) < 4.78 is 38.4. The fourth-order valence-corrected chi connectivity index (χ4v) is 6.92. The lowest BCUT2D eigenvalue weighted by Crippen LogP contribution is -2.50. The van der Waals surface area contributed by atoms with Crippen molar-refractivity contribution in [2.45, 2.75) is 36.1 Å². The molecule has 0 radical (unpaired) electrons. The molecule has 30 heavy (non-hydrogen) atoms. The van der Waals surface area contributed by atoms with Crippen LogP contribution >= 0.6 is 0 Å². The van der Waals surface area contributed by atoms with Crippen LogP contribution < -0.4 is 14.8 Å². The Balaban J connectivity index is 1.70. The first kappa shape index (κ1) is 21.2. The van der Waals surface area contributed by atoms with Gasteiger partial charge in [0.2, 0.25) is 0 Å². The van der Waals surface area contributed by atoms with E-state index in [-0.39, 0.29) is 5.92 Å². The van der Waals surface area contributed by atoms with Crippen molar-refractivity contribution < 1.29 is 17.9 Å². The van der Waals surface area contributed by atoms with Gasteiger partial charge in [0.15, 0.2) is 21.3 Å². The molecule has 0 saturated carbocycles. The topological polar surface area (TPSA) is 67.9 Å². The van der Waals surface area contributed by atoms with Crippen molar-refractivity contribution in [3.63, 3.8) is 0 Å². The van der Waals surface area contributed by atoms with Crippen molar-refractivity contribution in [3.8, 4) is 11.5 Å². The molecule has 1 N–H and O–H groups in total. The molecule has 0 bridgehead atoms. The van der Waals surface area contributed by atoms with E-state index in [9.17, 15) is 8.42 Å². The average molecular weight is 431 g/mol. The van der Waals surface area contributed by atoms with Gasteiger partial charge in [-0.3, -0.25) is 4.90 Å². The first-order valence-corrected chi connectivity index (χ1v) is 12.1. The fraction of sp³-hybridized carbons (Fsp3) is 0.478. The Bertz CT molecular complexity index is 972. The van der Waals surface area contributed by atoms with Crippen LogP contribution in [0.1, 0.15) is 24.0 Å². The molecule has 6 nitrogen and oxygen atoms in total. The molecule has 1 unspecified atom stereocenters. The Labute approximate surface area is 179 Å². The molecule has 7 heteroatoms. The summed E-state index contributed by atoms with van der Waals surface area (Å²) in [6.07, 6.45) is 2.53. The highest BCUT2D eigenvalue weighted by Gasteiger charge is 2.40. The monoisotopic (exact) mass is 430 g/mol. The Morgan fingerprint density at radius 2 is 1.63 bits per heavy atom. The van der Waals surface area contributed by atoms with Crippen molar-refractivity contribution in [1.82, 2.24) is 10.2 Å². The van der Waals surface area contributed by atoms with Gasteiger partial charge in [-0.05, 0) is 73.7 Å². The molecule has 1 saturated heterocycles. The molecule has 0 spiro atoms. The zero-order valence-corrected chi connectivity index (χ0v) is 18.5. The highest BCUT2D eigenvalue weighted by molar-refractivity contribution is 7.92. The third kappa shape index (κ3) is 4.06. The fourth-order valence-electron chi connectivity index (χ4n) is 4.75. The van der Waals surface area contributed by atoms with Crippen LogP contribution in [0.5, 0.6) is 11.5 Å². The normalized spacial score (nSPS) is 19.1. The minimum atomic E-state index is -3.49. The number of piperidine rings is 1. The van der Waals surface area contributed by atoms with Crippen molar-refractivity contribution in [3.05, 3.63) is 53.6 Å². The Kier molecular flexibility index (Phi) is 6.32. The van der Waals surface area contributed by atoms with E-state index in [4.69, 9.17) is 9.47 Å². The second-order valence-electron chi connectivity index (χ2n) is 8.03. The lowest BCUT2D eigenvalue weighted by Gasteiger charge is -2.40. The Hall–Kier alpha value is -2.09. The minimum Gasteiger partial charge on any atom is -0.493 e. The number of hydrogen-bond donors (Lipinski definition) is 1. The predicted octanol–water partition coefficient (Wildman–Crippen LogP) is 2.86. The highest BCUT2D eigenvalue weighted by atomic mass is 32.2. The molecule has 0 aliphatic carbocycles. The van der Waals surface area contributed by atoms with E-state index in [2.05, 4.69) is 10.2 Å². The van der Waals surface area contributed by atoms with Gasteiger partial charge in [-0.15, -0.1) is 0 Å². The van der Waals surface area contributed by atoms with Gasteiger partial charge in [0, 0.05) is 13.1 Å². The SMILES string of the molecule is COc1cc2c(cc1OC)CN(C(C1CCNCC1)S(=O)(=O)c1ccccc1)CC2. The summed E-state index contributed by atoms with van der Waals surface area (Å²) in [5.74, 6) is 1.51. The van der Waals surface area contributed by atoms with Gasteiger partial charge in [-0.25, -0.2) is 8.42 Å². The smallest absolute Gasteiger partial charge is 0.194 e. The lowest BCUT2D eigenvalue weighted by molar-refractivity contribution is 0.159. The molecule has 1 atom stereocenters. The van der Waals surface area contributed by atoms with Gasteiger partial charge in [-0.1, -0.05) is 18.2 Å². The first-order valence-electron chi connectivity index (χ1n) is 10.5. The molecule has 2 heterocycles. The molecule has 2 aromatic carbocycles. The van der Waals surface area contributed by atoms with Crippen LogP contribution in [-0.4, -0.2) is 52.5 Å². The minimum absolute atomic E-state index is 0.109. The highest BCUT2D eigenvalue weighted by Crippen LogP contribution is 2.37. The molecular weight excluding hydrogens is 400 g/mol. The average Bonchev–Trinajstić information content (AvgIpc) is 2.79. The van der Waals surface area contributed by atoms with Gasteiger partial charge in [-0.2, -0.15) is 0 Å². The van der Waals surface area contributed by atoms with Crippen LogP contribution in [0.3, 0.4) is 0 Å². The number of hydrogen-bond acceptors (Lipinski definition) is 6. The van der Waals surface area contributed by atoms with Gasteiger partial charge >= 0.3 is 0 Å². The Morgan fingerprint density at radius 3 is 2.27 bits per heavy atom. The van der Waals surface area contributed by atoms with E-state index in [1.807, 2.05) is 18.2 Å². The van der Waals surface area contributed by atoms with Gasteiger partial charge in [0.25, 0.3) is 0 Å². The third-order valence-electron chi connectivity index (χ3n) is 6.28. The van der Waals surface area contributed by atoms with Gasteiger partial charge < -0.3 is 14.8 Å². The molecule has 2 aliphatic rings. The molecule has 0 aromatic heterocycles. The molecule has 0 amide bonds. The summed E-state index contributed by atoms with van der Waals surface area (Å²) in [4.78, 5) is 2.57. The maximum Gasteiger partial charge on any atom is 0.194 e. The molecular formula is C23H30N2O4S. The molecule has 2 aliphatic heterocycles. The second kappa shape index (κ2) is 8.96. The van der Waals surface area contributed by atoms with E-state index >= 15 is 0 Å². The maximum atomic E-state index is 13.8. The van der Waals surface area contributed by atoms with Crippen molar-refractivity contribution >= 4 is 9.84 Å². The summed E-state index contributed by atoms with van der Waals surface area (Å²) in [6.45, 7) is 3.03. The van der Waals surface area contributed by atoms with Crippen LogP contribution in [0.2, 0.25) is 0 Å². The molecule has 162 valence electrons. The molecule has 4 rings (SSSR count). The van der Waals surface area contributed by atoms with Crippen LogP contribution in [0.25, 0.3) is 0 Å². The van der Waals surface area contributed by atoms with Crippen LogP contribution in [0.4, 0.5) is 0 Å². The van der Waals surface area contributed by atoms with E-state index in [0.29, 0.717) is 23.7 Å². The zero-order valence-electron chi connectivity index (χ0n) is 17.6. The standard InChI is InChI=1S/C23H30N2O4S/c1-28-21-14-18-10-13-25(16-19(18)15-22(21)29-2)23(17-8-11-24-12-9-17)30(26,27)20-6-4-3-5-7-20/h3-7,14-15,17,23-24H,8-13,16H2,1-2H3. The number of nitrogens with one attached hydrogen (secondary N) is 1. The molecule has 1 fully saturated rings. The number of benzene rings is 2. The van der Waals surface area contributed by atoms with E-state index in [1.165, 1.54) is 5.56 Å². The van der Waals surface area contributed by atoms with E-state index in [1.54, 1.807) is 38.5 Å². The van der Waals surface area contributed by atoms with Crippen molar-refractivity contribution in [2.24, 2.45) is 5.92 Å². The Morgan fingerprint density at radius 1 is 1.00 bits per heavy atom. The van der Waals surface area contributed by atoms with E-state index in [0.717, 1.165) is 43.7 Å². The quantitative estimate of drug-likeness (QED) is 0.760. The molecule has 2 aromatic rings. The summed E-state index contributed by atoms with van der Waals surface area (Å²) in [7, 11) is -0.224. The van der Waals surface area contributed by atoms with Crippen molar-refractivity contribution in [1.29, 1.82) is 0 Å². The van der Waals surface area contributed by atoms with Crippen molar-refractivity contribution in [2.75, 3.05) is 33.9 Å². The van der Waals surface area contributed by atoms with Crippen LogP contribution in [0, 0.1) is 5.92 Å². The first-order chi connectivity index (χ1) is 14.5.